The molecule has 0 atom stereocenters. The number of carboxylic acids is 1. The quantitative estimate of drug-likeness (QED) is 0.839. The molecule has 1 amide bonds. The summed E-state index contributed by atoms with van der Waals surface area (Å²) in [5.41, 5.74) is 5.20. The van der Waals surface area contributed by atoms with E-state index in [2.05, 4.69) is 4.90 Å². The van der Waals surface area contributed by atoms with E-state index in [1.54, 1.807) is 0 Å². The molecular weight excluding hydrogens is 256 g/mol. The third kappa shape index (κ3) is 2.99. The molecule has 0 aliphatic carbocycles. The molecule has 5 heteroatoms. The van der Waals surface area contributed by atoms with Gasteiger partial charge in [0.2, 0.25) is 5.91 Å². The summed E-state index contributed by atoms with van der Waals surface area (Å²) >= 11 is 0. The van der Waals surface area contributed by atoms with Gasteiger partial charge in [-0.1, -0.05) is 30.3 Å². The Morgan fingerprint density at radius 3 is 2.30 bits per heavy atom. The lowest BCUT2D eigenvalue weighted by Crippen LogP contribution is -2.47. The van der Waals surface area contributed by atoms with Crippen molar-refractivity contribution in [3.63, 3.8) is 0 Å². The second kappa shape index (κ2) is 6.05. The molecule has 1 aliphatic heterocycles. The predicted octanol–water partition coefficient (Wildman–Crippen LogP) is 0.980. The van der Waals surface area contributed by atoms with Gasteiger partial charge in [-0.25, -0.2) is 0 Å². The molecular formula is C15H20N2O3. The maximum Gasteiger partial charge on any atom is 0.314 e. The van der Waals surface area contributed by atoms with Gasteiger partial charge in [-0.2, -0.15) is 0 Å². The van der Waals surface area contributed by atoms with E-state index >= 15 is 0 Å². The molecule has 5 nitrogen and oxygen atoms in total. The Kier molecular flexibility index (Phi) is 4.39. The number of amides is 1. The topological polar surface area (TPSA) is 83.6 Å². The van der Waals surface area contributed by atoms with Gasteiger partial charge >= 0.3 is 5.97 Å². The Bertz CT molecular complexity index is 479. The first-order valence-electron chi connectivity index (χ1n) is 6.84. The van der Waals surface area contributed by atoms with Crippen molar-refractivity contribution in [2.45, 2.75) is 24.7 Å². The molecule has 0 bridgehead atoms. The lowest BCUT2D eigenvalue weighted by molar-refractivity contribution is -0.146. The van der Waals surface area contributed by atoms with E-state index in [1.165, 1.54) is 0 Å². The number of primary amides is 1. The van der Waals surface area contributed by atoms with Gasteiger partial charge in [0.05, 0.1) is 5.41 Å². The molecule has 108 valence electrons. The van der Waals surface area contributed by atoms with Crippen molar-refractivity contribution in [2.24, 2.45) is 5.73 Å². The van der Waals surface area contributed by atoms with Crippen LogP contribution in [0.15, 0.2) is 30.3 Å². The van der Waals surface area contributed by atoms with Crippen LogP contribution < -0.4 is 5.73 Å². The van der Waals surface area contributed by atoms with Gasteiger partial charge < -0.3 is 15.7 Å². The fraction of sp³-hybridized carbons (Fsp3) is 0.467. The Labute approximate surface area is 118 Å². The maximum absolute atomic E-state index is 11.8. The van der Waals surface area contributed by atoms with Crippen LogP contribution in [-0.2, 0) is 15.0 Å². The van der Waals surface area contributed by atoms with Crippen LogP contribution in [0.4, 0.5) is 0 Å². The molecule has 3 N–H and O–H groups in total. The molecule has 0 saturated carbocycles. The highest BCUT2D eigenvalue weighted by Gasteiger charge is 2.42. The second-order valence-corrected chi connectivity index (χ2v) is 5.31. The van der Waals surface area contributed by atoms with Gasteiger partial charge in [0.1, 0.15) is 0 Å². The number of nitrogens with two attached hydrogens (primary N) is 1. The molecule has 2 rings (SSSR count). The minimum absolute atomic E-state index is 0.317. The highest BCUT2D eigenvalue weighted by atomic mass is 16.4. The van der Waals surface area contributed by atoms with E-state index in [0.29, 0.717) is 38.9 Å². The SMILES string of the molecule is NC(=O)CCN1CCC(C(=O)O)(c2ccccc2)CC1. The zero-order valence-electron chi connectivity index (χ0n) is 11.4. The van der Waals surface area contributed by atoms with Gasteiger partial charge in [0, 0.05) is 13.0 Å². The molecule has 0 unspecified atom stereocenters. The van der Waals surface area contributed by atoms with Crippen molar-refractivity contribution in [3.8, 4) is 0 Å². The molecule has 20 heavy (non-hydrogen) atoms. The second-order valence-electron chi connectivity index (χ2n) is 5.31. The molecule has 1 saturated heterocycles. The van der Waals surface area contributed by atoms with Crippen LogP contribution in [0.5, 0.6) is 0 Å². The van der Waals surface area contributed by atoms with Crippen molar-refractivity contribution in [1.82, 2.24) is 4.90 Å². The summed E-state index contributed by atoms with van der Waals surface area (Å²) in [6, 6.07) is 9.40. The third-order valence-corrected chi connectivity index (χ3v) is 4.12. The number of aliphatic carboxylic acids is 1. The number of carbonyl (C=O) groups is 2. The summed E-state index contributed by atoms with van der Waals surface area (Å²) in [6.45, 7) is 1.96. The van der Waals surface area contributed by atoms with Crippen molar-refractivity contribution in [3.05, 3.63) is 35.9 Å². The first-order chi connectivity index (χ1) is 9.54. The zero-order valence-corrected chi connectivity index (χ0v) is 11.4. The first-order valence-corrected chi connectivity index (χ1v) is 6.84. The lowest BCUT2D eigenvalue weighted by atomic mass is 9.73. The lowest BCUT2D eigenvalue weighted by Gasteiger charge is -2.39. The van der Waals surface area contributed by atoms with Gasteiger partial charge in [0.15, 0.2) is 0 Å². The van der Waals surface area contributed by atoms with Crippen LogP contribution in [0, 0.1) is 0 Å². The van der Waals surface area contributed by atoms with E-state index < -0.39 is 11.4 Å². The Morgan fingerprint density at radius 2 is 1.80 bits per heavy atom. The van der Waals surface area contributed by atoms with E-state index in [9.17, 15) is 14.7 Å². The van der Waals surface area contributed by atoms with Crippen LogP contribution in [-0.4, -0.2) is 41.5 Å². The minimum atomic E-state index is -0.801. The maximum atomic E-state index is 11.8. The summed E-state index contributed by atoms with van der Waals surface area (Å²) in [5, 5.41) is 9.65. The summed E-state index contributed by atoms with van der Waals surface area (Å²) in [4.78, 5) is 24.7. The normalized spacial score (nSPS) is 18.6. The monoisotopic (exact) mass is 276 g/mol. The molecule has 0 spiro atoms. The Hall–Kier alpha value is -1.88. The van der Waals surface area contributed by atoms with E-state index in [0.717, 1.165) is 5.56 Å². The first kappa shape index (κ1) is 14.5. The summed E-state index contributed by atoms with van der Waals surface area (Å²) in [6.07, 6.45) is 1.45. The number of hydrogen-bond acceptors (Lipinski definition) is 3. The fourth-order valence-corrected chi connectivity index (χ4v) is 2.81. The molecule has 0 aromatic heterocycles. The molecule has 1 heterocycles. The van der Waals surface area contributed by atoms with Gasteiger partial charge in [-0.05, 0) is 31.5 Å². The number of rotatable bonds is 5. The molecule has 0 radical (unpaired) electrons. The van der Waals surface area contributed by atoms with Crippen molar-refractivity contribution < 1.29 is 14.7 Å². The van der Waals surface area contributed by atoms with Crippen molar-refractivity contribution >= 4 is 11.9 Å². The molecule has 1 aromatic carbocycles. The number of likely N-dealkylation sites (tertiary alicyclic amines) is 1. The predicted molar refractivity (Wildman–Crippen MR) is 75.2 cm³/mol. The number of carboxylic acid groups (broad SMARTS) is 1. The number of carbonyl (C=O) groups excluding carboxylic acids is 1. The number of hydrogen-bond donors (Lipinski definition) is 2. The molecule has 1 aromatic rings. The average molecular weight is 276 g/mol. The van der Waals surface area contributed by atoms with Crippen LogP contribution in [0.25, 0.3) is 0 Å². The smallest absolute Gasteiger partial charge is 0.314 e. The van der Waals surface area contributed by atoms with Gasteiger partial charge in [0.25, 0.3) is 0 Å². The van der Waals surface area contributed by atoms with E-state index in [1.807, 2.05) is 30.3 Å². The van der Waals surface area contributed by atoms with Gasteiger partial charge in [-0.15, -0.1) is 0 Å². The Morgan fingerprint density at radius 1 is 1.20 bits per heavy atom. The molecule has 1 aliphatic rings. The minimum Gasteiger partial charge on any atom is -0.481 e. The van der Waals surface area contributed by atoms with Gasteiger partial charge in [-0.3, -0.25) is 9.59 Å². The molecule has 1 fully saturated rings. The van der Waals surface area contributed by atoms with Crippen LogP contribution in [0.2, 0.25) is 0 Å². The van der Waals surface area contributed by atoms with Crippen molar-refractivity contribution in [2.75, 3.05) is 19.6 Å². The number of nitrogens with zero attached hydrogens (tertiary/aromatic N) is 1. The highest BCUT2D eigenvalue weighted by molar-refractivity contribution is 5.81. The Balaban J connectivity index is 2.07. The summed E-state index contributed by atoms with van der Waals surface area (Å²) in [7, 11) is 0. The zero-order chi connectivity index (χ0) is 14.6. The van der Waals surface area contributed by atoms with Crippen LogP contribution in [0.1, 0.15) is 24.8 Å². The highest BCUT2D eigenvalue weighted by Crippen LogP contribution is 2.35. The van der Waals surface area contributed by atoms with Crippen LogP contribution >= 0.6 is 0 Å². The summed E-state index contributed by atoms with van der Waals surface area (Å²) < 4.78 is 0. The van der Waals surface area contributed by atoms with Crippen LogP contribution in [0.3, 0.4) is 0 Å². The van der Waals surface area contributed by atoms with Crippen molar-refractivity contribution in [1.29, 1.82) is 0 Å². The van der Waals surface area contributed by atoms with E-state index in [-0.39, 0.29) is 5.91 Å². The number of piperidine rings is 1. The van der Waals surface area contributed by atoms with E-state index in [4.69, 9.17) is 5.73 Å². The largest absolute Gasteiger partial charge is 0.481 e. The summed E-state index contributed by atoms with van der Waals surface area (Å²) in [5.74, 6) is -1.08. The third-order valence-electron chi connectivity index (χ3n) is 4.12. The average Bonchev–Trinajstić information content (AvgIpc) is 2.46. The standard InChI is InChI=1S/C15H20N2O3/c16-13(18)6-9-17-10-7-15(8-11-17,14(19)20)12-4-2-1-3-5-12/h1-5H,6-11H2,(H2,16,18)(H,19,20). The number of benzene rings is 1. The fourth-order valence-electron chi connectivity index (χ4n) is 2.81.